The van der Waals surface area contributed by atoms with Gasteiger partial charge < -0.3 is 10.2 Å². The number of halogens is 1. The molecule has 0 radical (unpaired) electrons. The molecule has 3 heteroatoms. The number of benzene rings is 1. The highest BCUT2D eigenvalue weighted by atomic mass is 79.9. The number of hydrogen-bond donors (Lipinski definition) is 1. The maximum Gasteiger partial charge on any atom is 0.0407 e. The quantitative estimate of drug-likeness (QED) is 0.836. The zero-order valence-corrected chi connectivity index (χ0v) is 13.0. The molecular formula is C15H23BrN2. The van der Waals surface area contributed by atoms with E-state index in [0.29, 0.717) is 0 Å². The Labute approximate surface area is 119 Å². The molecule has 0 saturated carbocycles. The first kappa shape index (κ1) is 13.9. The van der Waals surface area contributed by atoms with Gasteiger partial charge in [0.05, 0.1) is 0 Å². The van der Waals surface area contributed by atoms with Gasteiger partial charge in [-0.05, 0) is 56.5 Å². The van der Waals surface area contributed by atoms with Gasteiger partial charge in [0.25, 0.3) is 0 Å². The zero-order chi connectivity index (χ0) is 13.0. The van der Waals surface area contributed by atoms with Crippen LogP contribution in [0.25, 0.3) is 0 Å². The molecule has 1 unspecified atom stereocenters. The van der Waals surface area contributed by atoms with Crippen LogP contribution in [-0.2, 0) is 0 Å². The molecule has 2 nitrogen and oxygen atoms in total. The summed E-state index contributed by atoms with van der Waals surface area (Å²) in [5.74, 6) is 0.801. The molecule has 1 atom stereocenters. The smallest absolute Gasteiger partial charge is 0.0407 e. The molecule has 18 heavy (non-hydrogen) atoms. The maximum absolute atomic E-state index is 3.57. The minimum Gasteiger partial charge on any atom is -0.371 e. The van der Waals surface area contributed by atoms with Crippen molar-refractivity contribution in [3.8, 4) is 0 Å². The maximum atomic E-state index is 3.57. The van der Waals surface area contributed by atoms with E-state index in [0.717, 1.165) is 19.0 Å². The third-order valence-electron chi connectivity index (χ3n) is 3.66. The Morgan fingerprint density at radius 3 is 3.06 bits per heavy atom. The summed E-state index contributed by atoms with van der Waals surface area (Å²) in [5, 5.41) is 3.54. The van der Waals surface area contributed by atoms with Crippen LogP contribution in [-0.4, -0.2) is 26.2 Å². The zero-order valence-electron chi connectivity index (χ0n) is 11.4. The van der Waals surface area contributed by atoms with E-state index in [2.05, 4.69) is 58.2 Å². The van der Waals surface area contributed by atoms with Gasteiger partial charge in [0.1, 0.15) is 0 Å². The van der Waals surface area contributed by atoms with Crippen molar-refractivity contribution in [2.75, 3.05) is 31.1 Å². The summed E-state index contributed by atoms with van der Waals surface area (Å²) in [7, 11) is 0. The number of aryl methyl sites for hydroxylation is 1. The Morgan fingerprint density at radius 1 is 1.44 bits per heavy atom. The molecule has 1 fully saturated rings. The largest absolute Gasteiger partial charge is 0.371 e. The van der Waals surface area contributed by atoms with Crippen LogP contribution in [0.5, 0.6) is 0 Å². The van der Waals surface area contributed by atoms with Crippen LogP contribution in [0.3, 0.4) is 0 Å². The average Bonchev–Trinajstić information content (AvgIpc) is 2.81. The summed E-state index contributed by atoms with van der Waals surface area (Å²) in [5.41, 5.74) is 2.77. The number of anilines is 1. The predicted octanol–water partition coefficient (Wildman–Crippen LogP) is 3.58. The van der Waals surface area contributed by atoms with E-state index >= 15 is 0 Å². The molecule has 0 amide bonds. The summed E-state index contributed by atoms with van der Waals surface area (Å²) in [6.07, 6.45) is 2.53. The normalized spacial score (nSPS) is 19.5. The molecule has 0 spiro atoms. The Bertz CT molecular complexity index is 392. The van der Waals surface area contributed by atoms with E-state index in [1.807, 2.05) is 0 Å². The van der Waals surface area contributed by atoms with Crippen LogP contribution in [0.1, 0.15) is 25.3 Å². The highest BCUT2D eigenvalue weighted by Gasteiger charge is 2.23. The van der Waals surface area contributed by atoms with Gasteiger partial charge in [-0.25, -0.2) is 0 Å². The molecule has 1 saturated heterocycles. The minimum absolute atomic E-state index is 0.801. The van der Waals surface area contributed by atoms with Gasteiger partial charge in [-0.2, -0.15) is 0 Å². The topological polar surface area (TPSA) is 15.3 Å². The molecule has 100 valence electrons. The molecule has 2 rings (SSSR count). The summed E-state index contributed by atoms with van der Waals surface area (Å²) in [6.45, 7) is 9.11. The molecule has 1 N–H and O–H groups in total. The van der Waals surface area contributed by atoms with Crippen LogP contribution >= 0.6 is 15.9 Å². The van der Waals surface area contributed by atoms with Crippen molar-refractivity contribution in [3.63, 3.8) is 0 Å². The van der Waals surface area contributed by atoms with Crippen molar-refractivity contribution in [1.29, 1.82) is 0 Å². The summed E-state index contributed by atoms with van der Waals surface area (Å²) >= 11 is 3.57. The van der Waals surface area contributed by atoms with Crippen molar-refractivity contribution in [2.24, 2.45) is 5.92 Å². The first-order chi connectivity index (χ1) is 8.70. The van der Waals surface area contributed by atoms with E-state index in [1.165, 1.54) is 41.7 Å². The van der Waals surface area contributed by atoms with Gasteiger partial charge in [0.15, 0.2) is 0 Å². The fourth-order valence-corrected chi connectivity index (χ4v) is 2.97. The van der Waals surface area contributed by atoms with Crippen molar-refractivity contribution in [3.05, 3.63) is 28.2 Å². The van der Waals surface area contributed by atoms with Gasteiger partial charge in [-0.1, -0.05) is 28.9 Å². The second kappa shape index (κ2) is 6.58. The SMILES string of the molecule is CCCNCC1CCN(c2cc(Br)ccc2C)C1. The lowest BCUT2D eigenvalue weighted by Gasteiger charge is -2.21. The average molecular weight is 311 g/mol. The van der Waals surface area contributed by atoms with Crippen LogP contribution in [0.4, 0.5) is 5.69 Å². The fraction of sp³-hybridized carbons (Fsp3) is 0.600. The van der Waals surface area contributed by atoms with Gasteiger partial charge in [-0.3, -0.25) is 0 Å². The van der Waals surface area contributed by atoms with Crippen LogP contribution in [0, 0.1) is 12.8 Å². The molecule has 1 aliphatic heterocycles. The Kier molecular flexibility index (Phi) is 5.07. The number of nitrogens with one attached hydrogen (secondary N) is 1. The summed E-state index contributed by atoms with van der Waals surface area (Å²) in [4.78, 5) is 2.53. The molecule has 1 aromatic carbocycles. The van der Waals surface area contributed by atoms with Gasteiger partial charge >= 0.3 is 0 Å². The van der Waals surface area contributed by atoms with Gasteiger partial charge in [0.2, 0.25) is 0 Å². The molecule has 1 aromatic rings. The van der Waals surface area contributed by atoms with Crippen LogP contribution < -0.4 is 10.2 Å². The van der Waals surface area contributed by atoms with Crippen LogP contribution in [0.15, 0.2) is 22.7 Å². The highest BCUT2D eigenvalue weighted by molar-refractivity contribution is 9.10. The standard InChI is InChI=1S/C15H23BrN2/c1-3-7-17-10-13-6-8-18(11-13)15-9-14(16)5-4-12(15)2/h4-5,9,13,17H,3,6-8,10-11H2,1-2H3. The lowest BCUT2D eigenvalue weighted by molar-refractivity contribution is 0.516. The number of nitrogens with zero attached hydrogens (tertiary/aromatic N) is 1. The Hall–Kier alpha value is -0.540. The monoisotopic (exact) mass is 310 g/mol. The van der Waals surface area contributed by atoms with E-state index in [4.69, 9.17) is 0 Å². The fourth-order valence-electron chi connectivity index (χ4n) is 2.62. The third kappa shape index (κ3) is 3.48. The van der Waals surface area contributed by atoms with Crippen molar-refractivity contribution in [2.45, 2.75) is 26.7 Å². The van der Waals surface area contributed by atoms with E-state index in [-0.39, 0.29) is 0 Å². The van der Waals surface area contributed by atoms with E-state index in [9.17, 15) is 0 Å². The molecule has 0 aliphatic carbocycles. The molecule has 0 bridgehead atoms. The second-order valence-corrected chi connectivity index (χ2v) is 6.15. The first-order valence-electron chi connectivity index (χ1n) is 6.92. The second-order valence-electron chi connectivity index (χ2n) is 5.24. The van der Waals surface area contributed by atoms with Crippen LogP contribution in [0.2, 0.25) is 0 Å². The van der Waals surface area contributed by atoms with E-state index < -0.39 is 0 Å². The molecule has 1 aliphatic rings. The summed E-state index contributed by atoms with van der Waals surface area (Å²) in [6, 6.07) is 6.56. The summed E-state index contributed by atoms with van der Waals surface area (Å²) < 4.78 is 1.18. The highest BCUT2D eigenvalue weighted by Crippen LogP contribution is 2.29. The molecular weight excluding hydrogens is 288 g/mol. The minimum atomic E-state index is 0.801. The van der Waals surface area contributed by atoms with Crippen molar-refractivity contribution >= 4 is 21.6 Å². The van der Waals surface area contributed by atoms with Gasteiger partial charge in [-0.15, -0.1) is 0 Å². The lowest BCUT2D eigenvalue weighted by atomic mass is 10.1. The molecule has 1 heterocycles. The Balaban J connectivity index is 1.93. The van der Waals surface area contributed by atoms with Crippen molar-refractivity contribution in [1.82, 2.24) is 5.32 Å². The number of rotatable bonds is 5. The molecule has 0 aromatic heterocycles. The van der Waals surface area contributed by atoms with Gasteiger partial charge in [0, 0.05) is 23.2 Å². The third-order valence-corrected chi connectivity index (χ3v) is 4.15. The Morgan fingerprint density at radius 2 is 2.28 bits per heavy atom. The number of hydrogen-bond acceptors (Lipinski definition) is 2. The predicted molar refractivity (Wildman–Crippen MR) is 82.4 cm³/mol. The first-order valence-corrected chi connectivity index (χ1v) is 7.72. The van der Waals surface area contributed by atoms with E-state index in [1.54, 1.807) is 0 Å². The van der Waals surface area contributed by atoms with Crippen molar-refractivity contribution < 1.29 is 0 Å². The lowest BCUT2D eigenvalue weighted by Crippen LogP contribution is -2.27.